The summed E-state index contributed by atoms with van der Waals surface area (Å²) in [6.45, 7) is 1.56. The van der Waals surface area contributed by atoms with Gasteiger partial charge in [0.25, 0.3) is 10.1 Å². The highest BCUT2D eigenvalue weighted by molar-refractivity contribution is 7.85. The lowest BCUT2D eigenvalue weighted by Crippen LogP contribution is -2.28. The van der Waals surface area contributed by atoms with Gasteiger partial charge in [0.15, 0.2) is 0 Å². The van der Waals surface area contributed by atoms with Crippen molar-refractivity contribution in [2.45, 2.75) is 19.1 Å². The molecule has 2 heterocycles. The first-order chi connectivity index (χ1) is 15.7. The molecular weight excluding hydrogens is 454 g/mol. The molecular formula is C23H24F2N2O5S. The first-order valence-corrected chi connectivity index (χ1v) is 12.3. The van der Waals surface area contributed by atoms with Crippen molar-refractivity contribution in [2.24, 2.45) is 0 Å². The van der Waals surface area contributed by atoms with Gasteiger partial charge in [-0.25, -0.2) is 13.6 Å². The van der Waals surface area contributed by atoms with Gasteiger partial charge in [-0.3, -0.25) is 14.0 Å². The summed E-state index contributed by atoms with van der Waals surface area (Å²) in [5.74, 6) is -1.53. The highest BCUT2D eigenvalue weighted by atomic mass is 32.2. The number of halogens is 2. The number of carbonyl (C=O) groups is 1. The summed E-state index contributed by atoms with van der Waals surface area (Å²) in [5, 5.41) is 0. The highest BCUT2D eigenvalue weighted by Gasteiger charge is 2.34. The second-order valence-electron chi connectivity index (χ2n) is 8.09. The molecule has 2 aromatic carbocycles. The van der Waals surface area contributed by atoms with Gasteiger partial charge in [-0.1, -0.05) is 36.4 Å². The number of cyclic esters (lactones) is 1. The number of hydrogen-bond acceptors (Lipinski definition) is 6. The molecule has 1 saturated heterocycles. The van der Waals surface area contributed by atoms with Gasteiger partial charge in [-0.15, -0.1) is 0 Å². The maximum atomic E-state index is 14.9. The fraction of sp³-hybridized carbons (Fsp3) is 0.348. The smallest absolute Gasteiger partial charge is 0.414 e. The Hall–Kier alpha value is -2.82. The Balaban J connectivity index is 1.45. The van der Waals surface area contributed by atoms with E-state index in [-0.39, 0.29) is 24.4 Å². The van der Waals surface area contributed by atoms with Gasteiger partial charge < -0.3 is 4.74 Å². The fourth-order valence-electron chi connectivity index (χ4n) is 3.96. The highest BCUT2D eigenvalue weighted by Crippen LogP contribution is 2.32. The third kappa shape index (κ3) is 5.76. The minimum atomic E-state index is -3.70. The van der Waals surface area contributed by atoms with Crippen molar-refractivity contribution in [1.29, 1.82) is 0 Å². The van der Waals surface area contributed by atoms with Crippen LogP contribution in [0.1, 0.15) is 17.5 Å². The number of benzene rings is 2. The van der Waals surface area contributed by atoms with E-state index >= 15 is 0 Å². The first-order valence-electron chi connectivity index (χ1n) is 10.5. The molecule has 0 aliphatic carbocycles. The minimum absolute atomic E-state index is 0.00252. The van der Waals surface area contributed by atoms with Gasteiger partial charge >= 0.3 is 6.09 Å². The lowest BCUT2D eigenvalue weighted by atomic mass is 9.97. The Morgan fingerprint density at radius 1 is 1.15 bits per heavy atom. The molecule has 1 atom stereocenters. The second-order valence-corrected chi connectivity index (χ2v) is 9.73. The van der Waals surface area contributed by atoms with Crippen LogP contribution >= 0.6 is 0 Å². The van der Waals surface area contributed by atoms with Crippen LogP contribution < -0.4 is 4.90 Å². The van der Waals surface area contributed by atoms with Crippen LogP contribution in [-0.2, 0) is 25.6 Å². The van der Waals surface area contributed by atoms with Crippen LogP contribution in [0.2, 0.25) is 0 Å². The topological polar surface area (TPSA) is 76.2 Å². The number of ether oxygens (including phenoxy) is 1. The van der Waals surface area contributed by atoms with Crippen molar-refractivity contribution in [1.82, 2.24) is 4.90 Å². The molecule has 176 valence electrons. The molecule has 0 unspecified atom stereocenters. The summed E-state index contributed by atoms with van der Waals surface area (Å²) in [6, 6.07) is 12.2. The van der Waals surface area contributed by atoms with Crippen LogP contribution in [0.25, 0.3) is 5.57 Å². The molecule has 0 N–H and O–H groups in total. The third-order valence-electron chi connectivity index (χ3n) is 5.54. The average Bonchev–Trinajstić information content (AvgIpc) is 3.14. The Morgan fingerprint density at radius 3 is 2.45 bits per heavy atom. The maximum absolute atomic E-state index is 14.9. The third-order valence-corrected chi connectivity index (χ3v) is 6.11. The van der Waals surface area contributed by atoms with Gasteiger partial charge in [-0.05, 0) is 29.7 Å². The summed E-state index contributed by atoms with van der Waals surface area (Å²) in [4.78, 5) is 15.4. The molecule has 2 aromatic rings. The normalized spacial score (nSPS) is 19.5. The molecule has 2 aliphatic rings. The van der Waals surface area contributed by atoms with Crippen LogP contribution in [0.4, 0.5) is 19.3 Å². The monoisotopic (exact) mass is 478 g/mol. The average molecular weight is 479 g/mol. The molecule has 4 rings (SSSR count). The first kappa shape index (κ1) is 23.3. The SMILES string of the molecule is CS(=O)(=O)OC[C@H]1CN(c2cc(F)c(C3=CCN(Cc4ccccc4)CC3)c(F)c2)C(=O)O1. The van der Waals surface area contributed by atoms with Crippen molar-refractivity contribution < 1.29 is 30.9 Å². The molecule has 0 saturated carbocycles. The number of carbonyl (C=O) groups excluding carboxylic acids is 1. The summed E-state index contributed by atoms with van der Waals surface area (Å²) >= 11 is 0. The largest absolute Gasteiger partial charge is 0.441 e. The van der Waals surface area contributed by atoms with E-state index in [0.717, 1.165) is 29.8 Å². The van der Waals surface area contributed by atoms with Crippen LogP contribution in [0.15, 0.2) is 48.5 Å². The van der Waals surface area contributed by atoms with Crippen LogP contribution in [-0.4, -0.2) is 58.0 Å². The second kappa shape index (κ2) is 9.58. The van der Waals surface area contributed by atoms with E-state index in [1.54, 1.807) is 0 Å². The van der Waals surface area contributed by atoms with E-state index in [9.17, 15) is 22.0 Å². The summed E-state index contributed by atoms with van der Waals surface area (Å²) < 4.78 is 61.8. The summed E-state index contributed by atoms with van der Waals surface area (Å²) in [7, 11) is -3.70. The quantitative estimate of drug-likeness (QED) is 0.567. The van der Waals surface area contributed by atoms with Crippen molar-refractivity contribution in [3.8, 4) is 0 Å². The zero-order valence-corrected chi connectivity index (χ0v) is 18.9. The molecule has 10 heteroatoms. The lowest BCUT2D eigenvalue weighted by Gasteiger charge is -2.27. The molecule has 0 bridgehead atoms. The Morgan fingerprint density at radius 2 is 1.85 bits per heavy atom. The number of anilines is 1. The lowest BCUT2D eigenvalue weighted by molar-refractivity contribution is 0.107. The van der Waals surface area contributed by atoms with Crippen LogP contribution in [0.5, 0.6) is 0 Å². The number of amides is 1. The zero-order valence-electron chi connectivity index (χ0n) is 18.0. The zero-order chi connectivity index (χ0) is 23.6. The summed E-state index contributed by atoms with van der Waals surface area (Å²) in [6.07, 6.45) is 1.52. The number of nitrogens with zero attached hydrogens (tertiary/aromatic N) is 2. The van der Waals surface area contributed by atoms with Crippen LogP contribution in [0, 0.1) is 11.6 Å². The number of rotatable bonds is 7. The summed E-state index contributed by atoms with van der Waals surface area (Å²) in [5.41, 5.74) is 1.67. The van der Waals surface area contributed by atoms with Crippen molar-refractivity contribution >= 4 is 27.5 Å². The molecule has 0 spiro atoms. The van der Waals surface area contributed by atoms with E-state index in [4.69, 9.17) is 4.74 Å². The van der Waals surface area contributed by atoms with Crippen molar-refractivity contribution in [3.05, 3.63) is 71.3 Å². The van der Waals surface area contributed by atoms with Gasteiger partial charge in [-0.2, -0.15) is 8.42 Å². The maximum Gasteiger partial charge on any atom is 0.414 e. The van der Waals surface area contributed by atoms with Gasteiger partial charge in [0.2, 0.25) is 0 Å². The Labute approximate surface area is 191 Å². The molecule has 1 fully saturated rings. The fourth-order valence-corrected chi connectivity index (χ4v) is 4.36. The Bertz CT molecular complexity index is 1150. The molecule has 2 aliphatic heterocycles. The van der Waals surface area contributed by atoms with Crippen molar-refractivity contribution in [3.63, 3.8) is 0 Å². The van der Waals surface area contributed by atoms with E-state index in [0.29, 0.717) is 25.1 Å². The predicted molar refractivity (Wildman–Crippen MR) is 119 cm³/mol. The molecule has 33 heavy (non-hydrogen) atoms. The van der Waals surface area contributed by atoms with E-state index < -0.39 is 33.9 Å². The van der Waals surface area contributed by atoms with Crippen LogP contribution in [0.3, 0.4) is 0 Å². The molecule has 1 amide bonds. The Kier molecular flexibility index (Phi) is 6.78. The molecule has 7 nitrogen and oxygen atoms in total. The van der Waals surface area contributed by atoms with E-state index in [2.05, 4.69) is 9.08 Å². The number of hydrogen-bond donors (Lipinski definition) is 0. The minimum Gasteiger partial charge on any atom is -0.441 e. The van der Waals surface area contributed by atoms with Gasteiger partial charge in [0, 0.05) is 25.2 Å². The predicted octanol–water partition coefficient (Wildman–Crippen LogP) is 3.56. The van der Waals surface area contributed by atoms with Gasteiger partial charge in [0.05, 0.1) is 18.5 Å². The van der Waals surface area contributed by atoms with E-state index in [1.807, 2.05) is 36.4 Å². The standard InChI is InChI=1S/C23H24F2N2O5S/c1-33(29,30)31-15-19-14-27(23(28)32-19)18-11-20(24)22(21(25)12-18)17-7-9-26(10-8-17)13-16-5-3-2-4-6-16/h2-7,11-12,19H,8-10,13-15H2,1H3/t19-/m1/s1. The molecule has 0 aromatic heterocycles. The van der Waals surface area contributed by atoms with E-state index in [1.165, 1.54) is 5.56 Å². The van der Waals surface area contributed by atoms with Crippen molar-refractivity contribution in [2.75, 3.05) is 37.4 Å². The van der Waals surface area contributed by atoms with Gasteiger partial charge in [0.1, 0.15) is 24.3 Å². The molecule has 0 radical (unpaired) electrons.